The summed E-state index contributed by atoms with van der Waals surface area (Å²) in [6.07, 6.45) is 2.91. The summed E-state index contributed by atoms with van der Waals surface area (Å²) < 4.78 is 5.67. The monoisotopic (exact) mass is 620 g/mol. The van der Waals surface area contributed by atoms with Crippen LogP contribution in [0.3, 0.4) is 0 Å². The number of hydrazine groups is 1. The van der Waals surface area contributed by atoms with Crippen LogP contribution in [0.4, 0.5) is 0 Å². The fourth-order valence-corrected chi connectivity index (χ4v) is 5.45. The first-order valence-corrected chi connectivity index (χ1v) is 15.0. The van der Waals surface area contributed by atoms with Gasteiger partial charge in [-0.3, -0.25) is 14.6 Å². The Morgan fingerprint density at radius 3 is 2.58 bits per heavy atom. The van der Waals surface area contributed by atoms with Crippen LogP contribution in [0.5, 0.6) is 0 Å². The predicted molar refractivity (Wildman–Crippen MR) is 168 cm³/mol. The van der Waals surface area contributed by atoms with E-state index in [1.54, 1.807) is 4.90 Å². The van der Waals surface area contributed by atoms with Gasteiger partial charge in [-0.1, -0.05) is 55.0 Å². The number of nitro groups is 1. The molecular weight excluding hydrogens is 580 g/mol. The number of amides is 2. The molecule has 7 N–H and O–H groups in total. The number of carbonyl (C=O) groups excluding carboxylic acids is 3. The van der Waals surface area contributed by atoms with Gasteiger partial charge in [-0.15, -0.1) is 5.43 Å². The highest BCUT2D eigenvalue weighted by Gasteiger charge is 2.37. The molecule has 0 saturated carbocycles. The van der Waals surface area contributed by atoms with Crippen LogP contribution in [0.1, 0.15) is 55.3 Å². The summed E-state index contributed by atoms with van der Waals surface area (Å²) in [5.41, 5.74) is 16.3. The van der Waals surface area contributed by atoms with Crippen molar-refractivity contribution in [1.29, 1.82) is 0 Å². The molecule has 3 aromatic rings. The van der Waals surface area contributed by atoms with E-state index in [4.69, 9.17) is 16.2 Å². The zero-order chi connectivity index (χ0) is 32.2. The number of para-hydroxylation sites is 1. The second-order valence-corrected chi connectivity index (χ2v) is 11.0. The van der Waals surface area contributed by atoms with Crippen molar-refractivity contribution < 1.29 is 24.2 Å². The Morgan fingerprint density at radius 1 is 1.07 bits per heavy atom. The molecule has 0 radical (unpaired) electrons. The number of benzene rings is 2. The van der Waals surface area contributed by atoms with Crippen LogP contribution in [-0.2, 0) is 38.7 Å². The van der Waals surface area contributed by atoms with Crippen LogP contribution in [-0.4, -0.2) is 63.8 Å². The van der Waals surface area contributed by atoms with Crippen molar-refractivity contribution in [2.45, 2.75) is 70.2 Å². The van der Waals surface area contributed by atoms with Gasteiger partial charge in [-0.25, -0.2) is 14.9 Å². The summed E-state index contributed by atoms with van der Waals surface area (Å²) in [6, 6.07) is 15.5. The predicted octanol–water partition coefficient (Wildman–Crippen LogP) is 2.04. The topological polar surface area (TPSA) is 211 Å². The molecule has 240 valence electrons. The number of aromatic amines is 1. The molecule has 2 aromatic carbocycles. The number of carbonyl (C=O) groups is 3. The van der Waals surface area contributed by atoms with Crippen molar-refractivity contribution >= 4 is 34.6 Å². The molecule has 45 heavy (non-hydrogen) atoms. The number of hydrogen-bond acceptors (Lipinski definition) is 7. The van der Waals surface area contributed by atoms with Gasteiger partial charge in [0, 0.05) is 42.5 Å². The maximum atomic E-state index is 13.4. The smallest absolute Gasteiger partial charge is 0.329 e. The summed E-state index contributed by atoms with van der Waals surface area (Å²) in [5, 5.41) is 13.9. The minimum Gasteiger partial charge on any atom is -0.459 e. The largest absolute Gasteiger partial charge is 0.459 e. The van der Waals surface area contributed by atoms with Crippen molar-refractivity contribution in [2.75, 3.05) is 13.1 Å². The van der Waals surface area contributed by atoms with Gasteiger partial charge in [0.1, 0.15) is 12.6 Å². The summed E-state index contributed by atoms with van der Waals surface area (Å²) in [6.45, 7) is 0.953. The number of nitrogens with zero attached hydrogens (tertiary/aromatic N) is 3. The van der Waals surface area contributed by atoms with Gasteiger partial charge in [0.05, 0.1) is 6.54 Å². The van der Waals surface area contributed by atoms with Crippen LogP contribution in [0.25, 0.3) is 10.9 Å². The fraction of sp³-hybridized carbons (Fsp3) is 0.419. The first-order valence-electron chi connectivity index (χ1n) is 15.0. The molecule has 2 heterocycles. The van der Waals surface area contributed by atoms with Gasteiger partial charge < -0.3 is 31.4 Å². The number of rotatable bonds is 16. The number of aliphatic imine (C=N–C) groups is 1. The number of guanidine groups is 1. The van der Waals surface area contributed by atoms with Crippen LogP contribution < -0.4 is 22.2 Å². The van der Waals surface area contributed by atoms with Gasteiger partial charge in [0.2, 0.25) is 11.8 Å². The highest BCUT2D eigenvalue weighted by molar-refractivity contribution is 5.90. The Kier molecular flexibility index (Phi) is 11.7. The molecule has 0 bridgehead atoms. The summed E-state index contributed by atoms with van der Waals surface area (Å²) in [5.74, 6) is -1.17. The maximum absolute atomic E-state index is 13.4. The summed E-state index contributed by atoms with van der Waals surface area (Å²) in [4.78, 5) is 59.0. The fourth-order valence-electron chi connectivity index (χ4n) is 5.45. The number of fused-ring (bicyclic) bond motifs is 3. The molecule has 1 aliphatic rings. The molecule has 1 aromatic heterocycles. The first-order chi connectivity index (χ1) is 21.7. The molecule has 2 amide bonds. The van der Waals surface area contributed by atoms with E-state index in [0.29, 0.717) is 38.6 Å². The third-order valence-electron chi connectivity index (χ3n) is 7.71. The molecule has 1 aliphatic heterocycles. The number of ether oxygens (including phenoxy) is 1. The zero-order valence-electron chi connectivity index (χ0n) is 25.1. The number of nitrogens with one attached hydrogen (secondary N) is 3. The van der Waals surface area contributed by atoms with E-state index in [9.17, 15) is 24.5 Å². The average Bonchev–Trinajstić information content (AvgIpc) is 3.40. The number of esters is 1. The summed E-state index contributed by atoms with van der Waals surface area (Å²) >= 11 is 0. The Balaban J connectivity index is 1.29. The third-order valence-corrected chi connectivity index (χ3v) is 7.71. The number of aromatic nitrogens is 1. The molecule has 0 unspecified atom stereocenters. The van der Waals surface area contributed by atoms with Crippen LogP contribution in [0, 0.1) is 10.1 Å². The minimum atomic E-state index is -1.03. The molecule has 4 rings (SSSR count). The lowest BCUT2D eigenvalue weighted by Crippen LogP contribution is -2.49. The first kappa shape index (κ1) is 32.8. The lowest BCUT2D eigenvalue weighted by Gasteiger charge is -2.34. The molecular formula is C31H40N8O6. The van der Waals surface area contributed by atoms with Gasteiger partial charge in [-0.2, -0.15) is 0 Å². The molecule has 2 atom stereocenters. The number of nitrogens with two attached hydrogens (primary N) is 2. The standard InChI is InChI=1S/C31H40N8O6/c32-31(33)35-17-9-14-25(37-39(43)44)29(41)34-16-8-2-5-15-28(40)38-19-26-23(22-12-6-7-13-24(22)36-26)18-27(38)30(42)45-20-21-10-3-1-4-11-21/h1,3-4,6-7,10-13,25,27,36-37H,2,5,8-9,14-20H2,(H,34,41)(H4,32,33,35)/t25-,27-/m0/s1. The molecule has 14 heteroatoms. The average molecular weight is 621 g/mol. The lowest BCUT2D eigenvalue weighted by molar-refractivity contribution is -0.548. The van der Waals surface area contributed by atoms with E-state index < -0.39 is 29.0 Å². The van der Waals surface area contributed by atoms with Crippen LogP contribution >= 0.6 is 0 Å². The van der Waals surface area contributed by atoms with E-state index in [-0.39, 0.29) is 44.4 Å². The minimum absolute atomic E-state index is 0.0851. The second-order valence-electron chi connectivity index (χ2n) is 11.0. The molecule has 0 spiro atoms. The van der Waals surface area contributed by atoms with Crippen molar-refractivity contribution in [2.24, 2.45) is 16.5 Å². The summed E-state index contributed by atoms with van der Waals surface area (Å²) in [7, 11) is 0. The highest BCUT2D eigenvalue weighted by atomic mass is 16.7. The molecule has 14 nitrogen and oxygen atoms in total. The van der Waals surface area contributed by atoms with Gasteiger partial charge in [0.25, 0.3) is 0 Å². The maximum Gasteiger partial charge on any atom is 0.329 e. The number of H-pyrrole nitrogens is 1. The molecule has 0 saturated heterocycles. The SMILES string of the molecule is NC(N)=NCCC[C@H](N[N+](=O)[O-])C(=O)NCCCCCC(=O)N1Cc2[nH]c3ccccc3c2C[C@H]1C(=O)OCc1ccccc1. The Labute approximate surface area is 260 Å². The van der Waals surface area contributed by atoms with Crippen molar-refractivity contribution in [3.63, 3.8) is 0 Å². The van der Waals surface area contributed by atoms with Gasteiger partial charge in [-0.05, 0) is 42.9 Å². The Hall–Kier alpha value is -5.14. The van der Waals surface area contributed by atoms with Gasteiger partial charge in [0.15, 0.2) is 17.0 Å². The van der Waals surface area contributed by atoms with Crippen molar-refractivity contribution in [1.82, 2.24) is 20.6 Å². The van der Waals surface area contributed by atoms with E-state index >= 15 is 0 Å². The number of hydrogen-bond donors (Lipinski definition) is 5. The lowest BCUT2D eigenvalue weighted by atomic mass is 9.96. The number of unbranched alkanes of at least 4 members (excludes halogenated alkanes) is 2. The third kappa shape index (κ3) is 9.42. The zero-order valence-corrected chi connectivity index (χ0v) is 25.1. The van der Waals surface area contributed by atoms with Crippen LogP contribution in [0.15, 0.2) is 59.6 Å². The quantitative estimate of drug-likeness (QED) is 0.0395. The van der Waals surface area contributed by atoms with Gasteiger partial charge >= 0.3 is 5.97 Å². The normalized spacial score (nSPS) is 14.7. The Bertz CT molecular complexity index is 1500. The van der Waals surface area contributed by atoms with Crippen molar-refractivity contribution in [3.05, 3.63) is 81.5 Å². The Morgan fingerprint density at radius 2 is 1.82 bits per heavy atom. The van der Waals surface area contributed by atoms with E-state index in [2.05, 4.69) is 15.3 Å². The second kappa shape index (κ2) is 16.1. The van der Waals surface area contributed by atoms with Crippen LogP contribution in [0.2, 0.25) is 0 Å². The van der Waals surface area contributed by atoms with E-state index in [1.807, 2.05) is 60.0 Å². The molecule has 0 aliphatic carbocycles. The molecule has 0 fully saturated rings. The van der Waals surface area contributed by atoms with E-state index in [0.717, 1.165) is 27.7 Å². The van der Waals surface area contributed by atoms with Crippen molar-refractivity contribution in [3.8, 4) is 0 Å². The van der Waals surface area contributed by atoms with E-state index in [1.165, 1.54) is 0 Å². The highest BCUT2D eigenvalue weighted by Crippen LogP contribution is 2.31.